The lowest BCUT2D eigenvalue weighted by Gasteiger charge is -2.37. The molecule has 2 rings (SSSR count). The highest BCUT2D eigenvalue weighted by Gasteiger charge is 2.34. The Morgan fingerprint density at radius 2 is 2.20 bits per heavy atom. The first-order valence-electron chi connectivity index (χ1n) is 5.76. The molecule has 2 unspecified atom stereocenters. The van der Waals surface area contributed by atoms with Gasteiger partial charge in [0, 0.05) is 18.5 Å². The summed E-state index contributed by atoms with van der Waals surface area (Å²) in [6.45, 7) is 2.19. The number of carbonyl (C=O) groups is 1. The maximum absolute atomic E-state index is 11.7. The SMILES string of the molecule is O=C(CCl)N1CCOCC2CCCCC21. The van der Waals surface area contributed by atoms with Crippen molar-refractivity contribution in [2.24, 2.45) is 5.92 Å². The Morgan fingerprint density at radius 3 is 3.00 bits per heavy atom. The van der Waals surface area contributed by atoms with Crippen molar-refractivity contribution in [3.05, 3.63) is 0 Å². The third-order valence-electron chi connectivity index (χ3n) is 3.51. The van der Waals surface area contributed by atoms with E-state index in [1.807, 2.05) is 4.90 Å². The van der Waals surface area contributed by atoms with Gasteiger partial charge in [-0.1, -0.05) is 12.8 Å². The van der Waals surface area contributed by atoms with Crippen LogP contribution in [0.3, 0.4) is 0 Å². The maximum Gasteiger partial charge on any atom is 0.237 e. The molecule has 2 aliphatic rings. The minimum atomic E-state index is 0.0686. The van der Waals surface area contributed by atoms with Crippen molar-refractivity contribution in [3.63, 3.8) is 0 Å². The lowest BCUT2D eigenvalue weighted by Crippen LogP contribution is -2.46. The number of alkyl halides is 1. The van der Waals surface area contributed by atoms with Crippen LogP contribution in [-0.4, -0.2) is 42.5 Å². The summed E-state index contributed by atoms with van der Waals surface area (Å²) in [5.41, 5.74) is 0. The first kappa shape index (κ1) is 11.2. The van der Waals surface area contributed by atoms with Gasteiger partial charge in [-0.3, -0.25) is 4.79 Å². The van der Waals surface area contributed by atoms with Gasteiger partial charge < -0.3 is 9.64 Å². The molecule has 0 aromatic carbocycles. The van der Waals surface area contributed by atoms with E-state index in [-0.39, 0.29) is 11.8 Å². The Morgan fingerprint density at radius 1 is 1.40 bits per heavy atom. The monoisotopic (exact) mass is 231 g/mol. The minimum Gasteiger partial charge on any atom is -0.379 e. The van der Waals surface area contributed by atoms with Gasteiger partial charge in [0.15, 0.2) is 0 Å². The zero-order valence-corrected chi connectivity index (χ0v) is 9.71. The summed E-state index contributed by atoms with van der Waals surface area (Å²) in [7, 11) is 0. The fourth-order valence-electron chi connectivity index (χ4n) is 2.74. The zero-order chi connectivity index (χ0) is 10.7. The molecule has 0 spiro atoms. The molecule has 3 nitrogen and oxygen atoms in total. The molecule has 86 valence electrons. The average Bonchev–Trinajstić information content (AvgIpc) is 2.50. The summed E-state index contributed by atoms with van der Waals surface area (Å²) in [5.74, 6) is 0.705. The van der Waals surface area contributed by atoms with Gasteiger partial charge in [-0.25, -0.2) is 0 Å². The highest BCUT2D eigenvalue weighted by Crippen LogP contribution is 2.30. The number of hydrogen-bond donors (Lipinski definition) is 0. The smallest absolute Gasteiger partial charge is 0.237 e. The molecule has 0 radical (unpaired) electrons. The van der Waals surface area contributed by atoms with E-state index in [4.69, 9.17) is 16.3 Å². The summed E-state index contributed by atoms with van der Waals surface area (Å²) < 4.78 is 5.55. The first-order valence-corrected chi connectivity index (χ1v) is 6.29. The van der Waals surface area contributed by atoms with Gasteiger partial charge in [0.1, 0.15) is 5.88 Å². The van der Waals surface area contributed by atoms with Crippen LogP contribution in [0.1, 0.15) is 25.7 Å². The summed E-state index contributed by atoms with van der Waals surface area (Å²) in [4.78, 5) is 13.7. The van der Waals surface area contributed by atoms with Crippen molar-refractivity contribution in [3.8, 4) is 0 Å². The number of carbonyl (C=O) groups excluding carboxylic acids is 1. The molecule has 0 aromatic rings. The lowest BCUT2D eigenvalue weighted by atomic mass is 9.84. The molecule has 2 atom stereocenters. The standard InChI is InChI=1S/C11H18ClNO2/c12-7-11(14)13-5-6-15-8-9-3-1-2-4-10(9)13/h9-10H,1-8H2. The Bertz CT molecular complexity index is 235. The number of rotatable bonds is 1. The molecule has 1 saturated heterocycles. The molecule has 1 saturated carbocycles. The van der Waals surface area contributed by atoms with Gasteiger partial charge in [-0.05, 0) is 12.8 Å². The van der Waals surface area contributed by atoms with E-state index in [0.717, 1.165) is 13.0 Å². The van der Waals surface area contributed by atoms with Crippen molar-refractivity contribution in [2.45, 2.75) is 31.7 Å². The fraction of sp³-hybridized carbons (Fsp3) is 0.909. The van der Waals surface area contributed by atoms with E-state index in [2.05, 4.69) is 0 Å². The number of hydrogen-bond acceptors (Lipinski definition) is 2. The number of nitrogens with zero attached hydrogens (tertiary/aromatic N) is 1. The van der Waals surface area contributed by atoms with Crippen LogP contribution in [0.25, 0.3) is 0 Å². The third-order valence-corrected chi connectivity index (χ3v) is 3.74. The van der Waals surface area contributed by atoms with E-state index in [9.17, 15) is 4.79 Å². The van der Waals surface area contributed by atoms with Crippen molar-refractivity contribution < 1.29 is 9.53 Å². The second-order valence-corrected chi connectivity index (χ2v) is 4.67. The van der Waals surface area contributed by atoms with Crippen LogP contribution >= 0.6 is 11.6 Å². The van der Waals surface area contributed by atoms with E-state index in [1.165, 1.54) is 19.3 Å². The van der Waals surface area contributed by atoms with Crippen LogP contribution in [0.15, 0.2) is 0 Å². The number of halogens is 1. The van der Waals surface area contributed by atoms with Gasteiger partial charge in [-0.2, -0.15) is 0 Å². The van der Waals surface area contributed by atoms with E-state index in [0.29, 0.717) is 25.1 Å². The van der Waals surface area contributed by atoms with Gasteiger partial charge in [0.05, 0.1) is 13.2 Å². The summed E-state index contributed by atoms with van der Waals surface area (Å²) in [6, 6.07) is 0.382. The fourth-order valence-corrected chi connectivity index (χ4v) is 2.90. The Kier molecular flexibility index (Phi) is 3.87. The molecule has 15 heavy (non-hydrogen) atoms. The quantitative estimate of drug-likeness (QED) is 0.643. The van der Waals surface area contributed by atoms with Crippen molar-refractivity contribution in [1.82, 2.24) is 4.90 Å². The Hall–Kier alpha value is -0.280. The van der Waals surface area contributed by atoms with Crippen LogP contribution in [0.4, 0.5) is 0 Å². The van der Waals surface area contributed by atoms with Crippen LogP contribution < -0.4 is 0 Å². The van der Waals surface area contributed by atoms with E-state index in [1.54, 1.807) is 0 Å². The molecule has 2 fully saturated rings. The highest BCUT2D eigenvalue weighted by molar-refractivity contribution is 6.27. The molecule has 0 N–H and O–H groups in total. The van der Waals surface area contributed by atoms with Gasteiger partial charge in [0.2, 0.25) is 5.91 Å². The largest absolute Gasteiger partial charge is 0.379 e. The molecular formula is C11H18ClNO2. The van der Waals surface area contributed by atoms with Crippen molar-refractivity contribution in [2.75, 3.05) is 25.6 Å². The van der Waals surface area contributed by atoms with Crippen molar-refractivity contribution in [1.29, 1.82) is 0 Å². The van der Waals surface area contributed by atoms with Gasteiger partial charge in [-0.15, -0.1) is 11.6 Å². The second-order valence-electron chi connectivity index (χ2n) is 4.41. The van der Waals surface area contributed by atoms with Crippen molar-refractivity contribution >= 4 is 17.5 Å². The Balaban J connectivity index is 2.09. The average molecular weight is 232 g/mol. The summed E-state index contributed by atoms with van der Waals surface area (Å²) >= 11 is 5.64. The summed E-state index contributed by atoms with van der Waals surface area (Å²) in [6.07, 6.45) is 4.81. The van der Waals surface area contributed by atoms with Gasteiger partial charge >= 0.3 is 0 Å². The molecule has 0 bridgehead atoms. The van der Waals surface area contributed by atoms with E-state index < -0.39 is 0 Å². The van der Waals surface area contributed by atoms with Crippen LogP contribution in [0, 0.1) is 5.92 Å². The Labute approximate surface area is 95.7 Å². The van der Waals surface area contributed by atoms with Crippen LogP contribution in [-0.2, 0) is 9.53 Å². The normalized spacial score (nSPS) is 31.9. The molecular weight excluding hydrogens is 214 g/mol. The zero-order valence-electron chi connectivity index (χ0n) is 8.95. The number of ether oxygens (including phenoxy) is 1. The molecule has 1 aliphatic carbocycles. The topological polar surface area (TPSA) is 29.5 Å². The van der Waals surface area contributed by atoms with Crippen LogP contribution in [0.2, 0.25) is 0 Å². The molecule has 0 aromatic heterocycles. The molecule has 1 aliphatic heterocycles. The molecule has 1 heterocycles. The third kappa shape index (κ3) is 2.45. The molecule has 1 amide bonds. The van der Waals surface area contributed by atoms with E-state index >= 15 is 0 Å². The molecule has 4 heteroatoms. The minimum absolute atomic E-state index is 0.0686. The first-order chi connectivity index (χ1) is 7.33. The maximum atomic E-state index is 11.7. The lowest BCUT2D eigenvalue weighted by molar-refractivity contribution is -0.132. The van der Waals surface area contributed by atoms with Gasteiger partial charge in [0.25, 0.3) is 0 Å². The predicted octanol–water partition coefficient (Wildman–Crippen LogP) is 1.64. The highest BCUT2D eigenvalue weighted by atomic mass is 35.5. The predicted molar refractivity (Wildman–Crippen MR) is 59.0 cm³/mol. The summed E-state index contributed by atoms with van der Waals surface area (Å²) in [5, 5.41) is 0. The second kappa shape index (κ2) is 5.17. The number of amides is 1. The van der Waals surface area contributed by atoms with Crippen LogP contribution in [0.5, 0.6) is 0 Å². The number of fused-ring (bicyclic) bond motifs is 1.